The summed E-state index contributed by atoms with van der Waals surface area (Å²) < 4.78 is 31.0. The van der Waals surface area contributed by atoms with Crippen LogP contribution in [0.5, 0.6) is 0 Å². The normalized spacial score (nSPS) is 10.3. The number of carbonyl (C=O) groups excluding carboxylic acids is 2. The highest BCUT2D eigenvalue weighted by Crippen LogP contribution is 2.17. The van der Waals surface area contributed by atoms with Crippen LogP contribution >= 0.6 is 0 Å². The van der Waals surface area contributed by atoms with E-state index in [0.717, 1.165) is 12.1 Å². The Kier molecular flexibility index (Phi) is 5.77. The van der Waals surface area contributed by atoms with E-state index < -0.39 is 23.5 Å². The summed E-state index contributed by atoms with van der Waals surface area (Å²) in [7, 11) is 1.29. The molecule has 7 nitrogen and oxygen atoms in total. The summed E-state index contributed by atoms with van der Waals surface area (Å²) in [5, 5.41) is 5.40. The fraction of sp³-hybridized carbons (Fsp3) is 0.100. The van der Waals surface area contributed by atoms with Crippen LogP contribution in [0.15, 0.2) is 48.5 Å². The minimum Gasteiger partial charge on any atom is -0.465 e. The van der Waals surface area contributed by atoms with Gasteiger partial charge in [0, 0.05) is 23.1 Å². The maximum atomic E-state index is 13.3. The number of benzene rings is 2. The first-order valence-electron chi connectivity index (χ1n) is 8.43. The van der Waals surface area contributed by atoms with Crippen LogP contribution in [0.2, 0.25) is 0 Å². The van der Waals surface area contributed by atoms with Gasteiger partial charge in [-0.1, -0.05) is 0 Å². The first-order valence-corrected chi connectivity index (χ1v) is 8.43. The van der Waals surface area contributed by atoms with E-state index in [9.17, 15) is 18.4 Å². The Bertz CT molecular complexity index is 1070. The third-order valence-corrected chi connectivity index (χ3v) is 3.83. The molecule has 2 aromatic carbocycles. The van der Waals surface area contributed by atoms with Gasteiger partial charge in [-0.15, -0.1) is 0 Å². The smallest absolute Gasteiger partial charge is 0.337 e. The largest absolute Gasteiger partial charge is 0.465 e. The van der Waals surface area contributed by atoms with Crippen molar-refractivity contribution in [1.82, 2.24) is 9.97 Å². The third-order valence-electron chi connectivity index (χ3n) is 3.83. The summed E-state index contributed by atoms with van der Waals surface area (Å²) in [6.45, 7) is 1.68. The van der Waals surface area contributed by atoms with Crippen molar-refractivity contribution in [1.29, 1.82) is 0 Å². The number of nitrogens with one attached hydrogen (secondary N) is 2. The fourth-order valence-corrected chi connectivity index (χ4v) is 2.45. The van der Waals surface area contributed by atoms with Gasteiger partial charge in [-0.3, -0.25) is 4.79 Å². The number of ether oxygens (including phenoxy) is 1. The summed E-state index contributed by atoms with van der Waals surface area (Å²) in [6.07, 6.45) is 0. The SMILES string of the molecule is COC(=O)c1ccc(Nc2nc(C)cc(C(=O)Nc3ccc(F)c(F)c3)n2)cc1. The van der Waals surface area contributed by atoms with Crippen molar-refractivity contribution in [2.75, 3.05) is 17.7 Å². The number of rotatable bonds is 5. The highest BCUT2D eigenvalue weighted by atomic mass is 19.2. The number of carbonyl (C=O) groups is 2. The molecule has 1 heterocycles. The summed E-state index contributed by atoms with van der Waals surface area (Å²) in [5.41, 5.74) is 1.63. The first-order chi connectivity index (χ1) is 13.9. The van der Waals surface area contributed by atoms with Crippen molar-refractivity contribution in [3.05, 3.63) is 77.1 Å². The molecule has 0 unspecified atom stereocenters. The molecule has 0 bridgehead atoms. The van der Waals surface area contributed by atoms with Gasteiger partial charge in [0.15, 0.2) is 11.6 Å². The van der Waals surface area contributed by atoms with Crippen LogP contribution in [0.1, 0.15) is 26.5 Å². The number of esters is 1. The summed E-state index contributed by atoms with van der Waals surface area (Å²) in [6, 6.07) is 10.9. The molecule has 1 amide bonds. The highest BCUT2D eigenvalue weighted by molar-refractivity contribution is 6.03. The van der Waals surface area contributed by atoms with Gasteiger partial charge < -0.3 is 15.4 Å². The van der Waals surface area contributed by atoms with E-state index >= 15 is 0 Å². The molecule has 0 aliphatic rings. The molecule has 0 saturated carbocycles. The minimum atomic E-state index is -1.07. The second-order valence-corrected chi connectivity index (χ2v) is 6.00. The Morgan fingerprint density at radius 1 is 0.931 bits per heavy atom. The van der Waals surface area contributed by atoms with E-state index in [1.54, 1.807) is 31.2 Å². The van der Waals surface area contributed by atoms with Crippen LogP contribution in [-0.4, -0.2) is 29.0 Å². The van der Waals surface area contributed by atoms with Gasteiger partial charge in [-0.05, 0) is 49.4 Å². The number of aryl methyl sites for hydroxylation is 1. The fourth-order valence-electron chi connectivity index (χ4n) is 2.45. The van der Waals surface area contributed by atoms with Gasteiger partial charge >= 0.3 is 5.97 Å². The predicted molar refractivity (Wildman–Crippen MR) is 102 cm³/mol. The highest BCUT2D eigenvalue weighted by Gasteiger charge is 2.13. The van der Waals surface area contributed by atoms with Crippen LogP contribution in [0.3, 0.4) is 0 Å². The van der Waals surface area contributed by atoms with Crippen molar-refractivity contribution >= 4 is 29.2 Å². The molecule has 148 valence electrons. The topological polar surface area (TPSA) is 93.2 Å². The summed E-state index contributed by atoms with van der Waals surface area (Å²) in [4.78, 5) is 32.3. The maximum Gasteiger partial charge on any atom is 0.337 e. The van der Waals surface area contributed by atoms with E-state index in [4.69, 9.17) is 0 Å². The van der Waals surface area contributed by atoms with E-state index in [1.165, 1.54) is 19.2 Å². The van der Waals surface area contributed by atoms with E-state index in [2.05, 4.69) is 25.3 Å². The number of hydrogen-bond donors (Lipinski definition) is 2. The van der Waals surface area contributed by atoms with Gasteiger partial charge in [0.2, 0.25) is 5.95 Å². The van der Waals surface area contributed by atoms with Crippen molar-refractivity contribution in [2.24, 2.45) is 0 Å². The molecular formula is C20H16F2N4O3. The van der Waals surface area contributed by atoms with E-state index in [-0.39, 0.29) is 17.3 Å². The zero-order valence-corrected chi connectivity index (χ0v) is 15.5. The molecule has 9 heteroatoms. The molecule has 0 spiro atoms. The Labute approximate surface area is 164 Å². The number of aromatic nitrogens is 2. The third kappa shape index (κ3) is 4.89. The molecule has 2 N–H and O–H groups in total. The second-order valence-electron chi connectivity index (χ2n) is 6.00. The average Bonchev–Trinajstić information content (AvgIpc) is 2.70. The Hall–Kier alpha value is -3.88. The molecule has 0 radical (unpaired) electrons. The number of nitrogens with zero attached hydrogens (tertiary/aromatic N) is 2. The molecular weight excluding hydrogens is 382 g/mol. The number of amides is 1. The monoisotopic (exact) mass is 398 g/mol. The van der Waals surface area contributed by atoms with Crippen molar-refractivity contribution < 1.29 is 23.1 Å². The van der Waals surface area contributed by atoms with Crippen molar-refractivity contribution in [3.63, 3.8) is 0 Å². The van der Waals surface area contributed by atoms with Crippen molar-refractivity contribution in [2.45, 2.75) is 6.92 Å². The zero-order chi connectivity index (χ0) is 21.0. The van der Waals surface area contributed by atoms with Crippen LogP contribution in [-0.2, 0) is 4.74 Å². The molecule has 0 aliphatic carbocycles. The van der Waals surface area contributed by atoms with Crippen LogP contribution in [0, 0.1) is 18.6 Å². The standard InChI is InChI=1S/C20H16F2N4O3/c1-11-9-17(18(27)24-14-7-8-15(21)16(22)10-14)26-20(23-11)25-13-5-3-12(4-6-13)19(28)29-2/h3-10H,1-2H3,(H,24,27)(H,23,25,26). The Morgan fingerprint density at radius 3 is 2.28 bits per heavy atom. The number of anilines is 3. The number of halogens is 2. The zero-order valence-electron chi connectivity index (χ0n) is 15.5. The lowest BCUT2D eigenvalue weighted by atomic mass is 10.2. The number of hydrogen-bond acceptors (Lipinski definition) is 6. The molecule has 3 rings (SSSR count). The molecule has 0 fully saturated rings. The first kappa shape index (κ1) is 19.9. The summed E-state index contributed by atoms with van der Waals surface area (Å²) in [5.74, 6) is -2.98. The Morgan fingerprint density at radius 2 is 1.62 bits per heavy atom. The quantitative estimate of drug-likeness (QED) is 0.635. The maximum absolute atomic E-state index is 13.3. The number of methoxy groups -OCH3 is 1. The lowest BCUT2D eigenvalue weighted by Crippen LogP contribution is -2.15. The molecule has 0 aliphatic heterocycles. The molecule has 3 aromatic rings. The van der Waals surface area contributed by atoms with Crippen molar-refractivity contribution in [3.8, 4) is 0 Å². The second kappa shape index (κ2) is 8.42. The predicted octanol–water partition coefficient (Wildman–Crippen LogP) is 3.85. The Balaban J connectivity index is 1.77. The van der Waals surface area contributed by atoms with Gasteiger partial charge in [-0.25, -0.2) is 23.5 Å². The van der Waals surface area contributed by atoms with Crippen LogP contribution in [0.4, 0.5) is 26.1 Å². The summed E-state index contributed by atoms with van der Waals surface area (Å²) >= 11 is 0. The minimum absolute atomic E-state index is 0.0379. The molecule has 0 atom stereocenters. The van der Waals surface area contributed by atoms with E-state index in [1.807, 2.05) is 0 Å². The lowest BCUT2D eigenvalue weighted by Gasteiger charge is -2.09. The van der Waals surface area contributed by atoms with Gasteiger partial charge in [0.25, 0.3) is 5.91 Å². The van der Waals surface area contributed by atoms with Gasteiger partial charge in [-0.2, -0.15) is 0 Å². The molecule has 0 saturated heterocycles. The average molecular weight is 398 g/mol. The van der Waals surface area contributed by atoms with Gasteiger partial charge in [0.1, 0.15) is 5.69 Å². The molecule has 29 heavy (non-hydrogen) atoms. The van der Waals surface area contributed by atoms with Crippen LogP contribution in [0.25, 0.3) is 0 Å². The van der Waals surface area contributed by atoms with E-state index in [0.29, 0.717) is 16.9 Å². The molecule has 1 aromatic heterocycles. The van der Waals surface area contributed by atoms with Gasteiger partial charge in [0.05, 0.1) is 12.7 Å². The lowest BCUT2D eigenvalue weighted by molar-refractivity contribution is 0.0600. The van der Waals surface area contributed by atoms with Crippen LogP contribution < -0.4 is 10.6 Å².